The van der Waals surface area contributed by atoms with Gasteiger partial charge in [0.1, 0.15) is 0 Å². The molecule has 3 aromatic rings. The van der Waals surface area contributed by atoms with Gasteiger partial charge in [0, 0.05) is 41.6 Å². The Morgan fingerprint density at radius 2 is 1.73 bits per heavy atom. The Morgan fingerprint density at radius 3 is 2.54 bits per heavy atom. The third-order valence-electron chi connectivity index (χ3n) is 5.15. The average Bonchev–Trinajstić information content (AvgIpc) is 2.70. The molecule has 0 aliphatic heterocycles. The molecule has 0 unspecified atom stereocenters. The normalized spacial score (nSPS) is 20.1. The molecule has 4 rings (SSSR count). The minimum Gasteiger partial charge on any atom is -0.481 e. The minimum atomic E-state index is 0.357. The molecule has 0 saturated heterocycles. The number of nitrogens with two attached hydrogens (primary N) is 1. The average molecular weight is 348 g/mol. The van der Waals surface area contributed by atoms with E-state index in [2.05, 4.69) is 39.6 Å². The standard InChI is InChI=1S/C21H24N4O/c1-26-21-13-15(8-10-24-21)14-2-7-19-18(12-14)20(9-11-23-19)25-17-5-3-16(22)4-6-17/h2,7-13,16-17H,3-6,22H2,1H3,(H,23,25). The van der Waals surface area contributed by atoms with E-state index in [9.17, 15) is 0 Å². The summed E-state index contributed by atoms with van der Waals surface area (Å²) in [4.78, 5) is 8.71. The number of benzene rings is 1. The molecule has 3 N–H and O–H groups in total. The van der Waals surface area contributed by atoms with Gasteiger partial charge < -0.3 is 15.8 Å². The zero-order valence-electron chi connectivity index (χ0n) is 15.0. The van der Waals surface area contributed by atoms with Gasteiger partial charge in [0.25, 0.3) is 0 Å². The van der Waals surface area contributed by atoms with E-state index in [-0.39, 0.29) is 0 Å². The van der Waals surface area contributed by atoms with E-state index < -0.39 is 0 Å². The maximum Gasteiger partial charge on any atom is 0.213 e. The summed E-state index contributed by atoms with van der Waals surface area (Å²) in [6.07, 6.45) is 8.05. The van der Waals surface area contributed by atoms with Crippen LogP contribution in [0.15, 0.2) is 48.8 Å². The maximum absolute atomic E-state index is 6.04. The lowest BCUT2D eigenvalue weighted by Crippen LogP contribution is -2.32. The van der Waals surface area contributed by atoms with Gasteiger partial charge in [-0.05, 0) is 61.1 Å². The number of ether oxygens (including phenoxy) is 1. The fourth-order valence-corrected chi connectivity index (χ4v) is 3.64. The van der Waals surface area contributed by atoms with Crippen molar-refractivity contribution in [1.82, 2.24) is 9.97 Å². The van der Waals surface area contributed by atoms with Crippen LogP contribution in [0.5, 0.6) is 5.88 Å². The number of methoxy groups -OCH3 is 1. The molecule has 0 atom stereocenters. The predicted molar refractivity (Wildman–Crippen MR) is 105 cm³/mol. The highest BCUT2D eigenvalue weighted by molar-refractivity contribution is 5.94. The van der Waals surface area contributed by atoms with Crippen molar-refractivity contribution in [3.8, 4) is 17.0 Å². The smallest absolute Gasteiger partial charge is 0.213 e. The van der Waals surface area contributed by atoms with E-state index in [4.69, 9.17) is 10.5 Å². The predicted octanol–water partition coefficient (Wildman–Crippen LogP) is 3.99. The van der Waals surface area contributed by atoms with Crippen molar-refractivity contribution >= 4 is 16.6 Å². The molecule has 26 heavy (non-hydrogen) atoms. The molecule has 5 heteroatoms. The number of hydrogen-bond donors (Lipinski definition) is 2. The summed E-state index contributed by atoms with van der Waals surface area (Å²) < 4.78 is 5.25. The van der Waals surface area contributed by atoms with Crippen LogP contribution >= 0.6 is 0 Å². The van der Waals surface area contributed by atoms with Gasteiger partial charge >= 0.3 is 0 Å². The number of rotatable bonds is 4. The summed E-state index contributed by atoms with van der Waals surface area (Å²) in [7, 11) is 1.63. The van der Waals surface area contributed by atoms with Gasteiger partial charge in [-0.25, -0.2) is 4.98 Å². The van der Waals surface area contributed by atoms with Crippen molar-refractivity contribution in [3.63, 3.8) is 0 Å². The van der Waals surface area contributed by atoms with Crippen LogP contribution in [0.2, 0.25) is 0 Å². The molecule has 0 radical (unpaired) electrons. The lowest BCUT2D eigenvalue weighted by atomic mass is 9.91. The van der Waals surface area contributed by atoms with Gasteiger partial charge in [0.2, 0.25) is 5.88 Å². The molecule has 1 aliphatic carbocycles. The van der Waals surface area contributed by atoms with Crippen molar-refractivity contribution < 1.29 is 4.74 Å². The Morgan fingerprint density at radius 1 is 0.962 bits per heavy atom. The van der Waals surface area contributed by atoms with E-state index in [0.717, 1.165) is 53.4 Å². The fourth-order valence-electron chi connectivity index (χ4n) is 3.64. The van der Waals surface area contributed by atoms with Crippen molar-refractivity contribution in [2.45, 2.75) is 37.8 Å². The first kappa shape index (κ1) is 16.8. The number of hydrogen-bond acceptors (Lipinski definition) is 5. The quantitative estimate of drug-likeness (QED) is 0.746. The Bertz CT molecular complexity index is 903. The van der Waals surface area contributed by atoms with Crippen molar-refractivity contribution in [2.24, 2.45) is 5.73 Å². The van der Waals surface area contributed by atoms with Crippen LogP contribution in [0.1, 0.15) is 25.7 Å². The molecule has 2 aromatic heterocycles. The highest BCUT2D eigenvalue weighted by Gasteiger charge is 2.19. The Balaban J connectivity index is 1.68. The van der Waals surface area contributed by atoms with Crippen molar-refractivity contribution in [2.75, 3.05) is 12.4 Å². The van der Waals surface area contributed by atoms with Gasteiger partial charge in [0.15, 0.2) is 0 Å². The lowest BCUT2D eigenvalue weighted by molar-refractivity contribution is 0.398. The van der Waals surface area contributed by atoms with Crippen LogP contribution in [0.25, 0.3) is 22.0 Å². The van der Waals surface area contributed by atoms with Crippen LogP contribution in [-0.2, 0) is 0 Å². The molecular formula is C21H24N4O. The first-order chi connectivity index (χ1) is 12.7. The van der Waals surface area contributed by atoms with Crippen LogP contribution in [0, 0.1) is 0 Å². The molecule has 2 heterocycles. The molecular weight excluding hydrogens is 324 g/mol. The summed E-state index contributed by atoms with van der Waals surface area (Å²) in [5.74, 6) is 0.616. The number of nitrogens with one attached hydrogen (secondary N) is 1. The van der Waals surface area contributed by atoms with Gasteiger partial charge in [-0.1, -0.05) is 6.07 Å². The highest BCUT2D eigenvalue weighted by Crippen LogP contribution is 2.30. The third kappa shape index (κ3) is 3.48. The van der Waals surface area contributed by atoms with E-state index in [1.165, 1.54) is 0 Å². The van der Waals surface area contributed by atoms with E-state index in [1.54, 1.807) is 13.3 Å². The van der Waals surface area contributed by atoms with Gasteiger partial charge in [0.05, 0.1) is 12.6 Å². The number of nitrogens with zero attached hydrogens (tertiary/aromatic N) is 2. The monoisotopic (exact) mass is 348 g/mol. The highest BCUT2D eigenvalue weighted by atomic mass is 16.5. The second kappa shape index (κ2) is 7.30. The third-order valence-corrected chi connectivity index (χ3v) is 5.15. The first-order valence-electron chi connectivity index (χ1n) is 9.14. The second-order valence-electron chi connectivity index (χ2n) is 6.93. The van der Waals surface area contributed by atoms with E-state index in [0.29, 0.717) is 18.0 Å². The zero-order chi connectivity index (χ0) is 17.9. The van der Waals surface area contributed by atoms with Gasteiger partial charge in [-0.2, -0.15) is 0 Å². The molecule has 1 fully saturated rings. The van der Waals surface area contributed by atoms with Gasteiger partial charge in [-0.15, -0.1) is 0 Å². The molecule has 1 saturated carbocycles. The largest absolute Gasteiger partial charge is 0.481 e. The Hall–Kier alpha value is -2.66. The Kier molecular flexibility index (Phi) is 4.71. The molecule has 0 bridgehead atoms. The molecule has 0 spiro atoms. The van der Waals surface area contributed by atoms with Crippen LogP contribution in [0.3, 0.4) is 0 Å². The zero-order valence-corrected chi connectivity index (χ0v) is 15.0. The molecule has 0 amide bonds. The molecule has 134 valence electrons. The fraction of sp³-hybridized carbons (Fsp3) is 0.333. The number of aromatic nitrogens is 2. The van der Waals surface area contributed by atoms with Crippen LogP contribution in [-0.4, -0.2) is 29.2 Å². The van der Waals surface area contributed by atoms with Crippen molar-refractivity contribution in [3.05, 3.63) is 48.8 Å². The summed E-state index contributed by atoms with van der Waals surface area (Å²) in [5.41, 5.74) is 10.4. The topological polar surface area (TPSA) is 73.1 Å². The summed E-state index contributed by atoms with van der Waals surface area (Å²) in [5, 5.41) is 4.85. The second-order valence-corrected chi connectivity index (χ2v) is 6.93. The van der Waals surface area contributed by atoms with Crippen LogP contribution < -0.4 is 15.8 Å². The summed E-state index contributed by atoms with van der Waals surface area (Å²) in [6.45, 7) is 0. The van der Waals surface area contributed by atoms with E-state index >= 15 is 0 Å². The molecule has 5 nitrogen and oxygen atoms in total. The minimum absolute atomic E-state index is 0.357. The van der Waals surface area contributed by atoms with Crippen LogP contribution in [0.4, 0.5) is 5.69 Å². The first-order valence-corrected chi connectivity index (χ1v) is 9.14. The van der Waals surface area contributed by atoms with E-state index in [1.807, 2.05) is 18.3 Å². The number of fused-ring (bicyclic) bond motifs is 1. The van der Waals surface area contributed by atoms with Gasteiger partial charge in [-0.3, -0.25) is 4.98 Å². The molecule has 1 aromatic carbocycles. The summed E-state index contributed by atoms with van der Waals surface area (Å²) in [6, 6.07) is 13.2. The number of anilines is 1. The maximum atomic E-state index is 6.04. The molecule has 1 aliphatic rings. The lowest BCUT2D eigenvalue weighted by Gasteiger charge is -2.28. The number of pyridine rings is 2. The van der Waals surface area contributed by atoms with Crippen molar-refractivity contribution in [1.29, 1.82) is 0 Å². The summed E-state index contributed by atoms with van der Waals surface area (Å²) >= 11 is 0. The SMILES string of the molecule is COc1cc(-c2ccc3nccc(NC4CCC(N)CC4)c3c2)ccn1. The Labute approximate surface area is 153 Å².